The van der Waals surface area contributed by atoms with Gasteiger partial charge in [0.15, 0.2) is 0 Å². The second-order valence-electron chi connectivity index (χ2n) is 4.55. The Kier molecular flexibility index (Phi) is 5.17. The molecule has 1 atom stereocenters. The van der Waals surface area contributed by atoms with E-state index in [1.54, 1.807) is 0 Å². The predicted octanol–water partition coefficient (Wildman–Crippen LogP) is -0.392. The smallest absolute Gasteiger partial charge is 0.212 e. The molecule has 0 aliphatic carbocycles. The van der Waals surface area contributed by atoms with Crippen molar-refractivity contribution < 1.29 is 8.42 Å². The molecule has 0 aromatic rings. The van der Waals surface area contributed by atoms with Gasteiger partial charge in [0, 0.05) is 25.2 Å². The quantitative estimate of drug-likeness (QED) is 0.673. The fourth-order valence-corrected chi connectivity index (χ4v) is 2.51. The lowest BCUT2D eigenvalue weighted by molar-refractivity contribution is 0.268. The zero-order chi connectivity index (χ0) is 12.2. The zero-order valence-electron chi connectivity index (χ0n) is 10.4. The molecule has 0 saturated carbocycles. The molecule has 1 heterocycles. The minimum absolute atomic E-state index is 0.154. The van der Waals surface area contributed by atoms with Crippen LogP contribution in [0.3, 0.4) is 0 Å². The molecular formula is C10H23N3O2S. The van der Waals surface area contributed by atoms with Gasteiger partial charge in [-0.2, -0.15) is 0 Å². The van der Waals surface area contributed by atoms with Gasteiger partial charge in [-0.15, -0.1) is 0 Å². The van der Waals surface area contributed by atoms with Crippen LogP contribution in [0.2, 0.25) is 0 Å². The Morgan fingerprint density at radius 1 is 1.44 bits per heavy atom. The lowest BCUT2D eigenvalue weighted by atomic mass is 10.3. The van der Waals surface area contributed by atoms with Gasteiger partial charge in [-0.05, 0) is 33.9 Å². The van der Waals surface area contributed by atoms with Crippen LogP contribution in [-0.4, -0.2) is 57.8 Å². The number of rotatable bonds is 6. The maximum Gasteiger partial charge on any atom is 0.212 e. The average Bonchev–Trinajstić information content (AvgIpc) is 2.66. The van der Waals surface area contributed by atoms with Gasteiger partial charge < -0.3 is 5.32 Å². The summed E-state index contributed by atoms with van der Waals surface area (Å²) < 4.78 is 24.7. The minimum Gasteiger partial charge on any atom is -0.312 e. The molecule has 96 valence electrons. The van der Waals surface area contributed by atoms with Crippen molar-refractivity contribution in [2.45, 2.75) is 32.4 Å². The summed E-state index contributed by atoms with van der Waals surface area (Å²) in [6, 6.07) is 1.02. The van der Waals surface area contributed by atoms with Gasteiger partial charge in [-0.25, -0.2) is 13.1 Å². The molecule has 0 amide bonds. The van der Waals surface area contributed by atoms with Crippen molar-refractivity contribution in [1.29, 1.82) is 0 Å². The first-order valence-corrected chi connectivity index (χ1v) is 7.48. The third-order valence-corrected chi connectivity index (χ3v) is 4.43. The monoisotopic (exact) mass is 249 g/mol. The number of nitrogens with zero attached hydrogens (tertiary/aromatic N) is 1. The highest BCUT2D eigenvalue weighted by Gasteiger charge is 2.23. The van der Waals surface area contributed by atoms with Gasteiger partial charge in [0.1, 0.15) is 0 Å². The molecule has 16 heavy (non-hydrogen) atoms. The van der Waals surface area contributed by atoms with E-state index < -0.39 is 10.0 Å². The van der Waals surface area contributed by atoms with E-state index in [1.807, 2.05) is 0 Å². The first-order valence-electron chi connectivity index (χ1n) is 5.83. The summed E-state index contributed by atoms with van der Waals surface area (Å²) in [7, 11) is -1.62. The molecule has 0 aromatic heterocycles. The van der Waals surface area contributed by atoms with Crippen LogP contribution in [0.4, 0.5) is 0 Å². The lowest BCUT2D eigenvalue weighted by Gasteiger charge is -2.20. The normalized spacial score (nSPS) is 23.1. The molecule has 0 bridgehead atoms. The summed E-state index contributed by atoms with van der Waals surface area (Å²) >= 11 is 0. The van der Waals surface area contributed by atoms with Gasteiger partial charge in [-0.1, -0.05) is 0 Å². The molecule has 0 radical (unpaired) electrons. The van der Waals surface area contributed by atoms with Crippen molar-refractivity contribution in [2.75, 3.05) is 32.4 Å². The van der Waals surface area contributed by atoms with Crippen molar-refractivity contribution in [1.82, 2.24) is 14.9 Å². The van der Waals surface area contributed by atoms with Crippen LogP contribution in [0, 0.1) is 0 Å². The van der Waals surface area contributed by atoms with E-state index in [4.69, 9.17) is 0 Å². The van der Waals surface area contributed by atoms with Gasteiger partial charge in [0.2, 0.25) is 10.0 Å². The Morgan fingerprint density at radius 3 is 2.62 bits per heavy atom. The summed E-state index contributed by atoms with van der Waals surface area (Å²) in [6.07, 6.45) is 1.11. The van der Waals surface area contributed by atoms with Gasteiger partial charge in [0.25, 0.3) is 0 Å². The van der Waals surface area contributed by atoms with Crippen molar-refractivity contribution in [2.24, 2.45) is 0 Å². The number of hydrogen-bond acceptors (Lipinski definition) is 4. The Bertz CT molecular complexity index is 303. The summed E-state index contributed by atoms with van der Waals surface area (Å²) in [5.41, 5.74) is 0. The Morgan fingerprint density at radius 2 is 2.12 bits per heavy atom. The highest BCUT2D eigenvalue weighted by molar-refractivity contribution is 7.89. The Balaban J connectivity index is 2.21. The number of hydrogen-bond donors (Lipinski definition) is 2. The molecule has 1 aliphatic rings. The maximum absolute atomic E-state index is 11.2. The summed E-state index contributed by atoms with van der Waals surface area (Å²) in [4.78, 5) is 2.41. The zero-order valence-corrected chi connectivity index (χ0v) is 11.2. The largest absolute Gasteiger partial charge is 0.312 e. The highest BCUT2D eigenvalue weighted by Crippen LogP contribution is 2.11. The van der Waals surface area contributed by atoms with E-state index in [1.165, 1.54) is 7.05 Å². The molecule has 6 heteroatoms. The summed E-state index contributed by atoms with van der Waals surface area (Å²) in [6.45, 7) is 7.03. The average molecular weight is 249 g/mol. The Labute approximate surface area is 98.6 Å². The van der Waals surface area contributed by atoms with Crippen LogP contribution in [0.5, 0.6) is 0 Å². The van der Waals surface area contributed by atoms with Crippen LogP contribution in [-0.2, 0) is 10.0 Å². The highest BCUT2D eigenvalue weighted by atomic mass is 32.2. The molecule has 2 N–H and O–H groups in total. The van der Waals surface area contributed by atoms with Crippen LogP contribution in [0.15, 0.2) is 0 Å². The van der Waals surface area contributed by atoms with E-state index in [0.717, 1.165) is 19.5 Å². The predicted molar refractivity (Wildman–Crippen MR) is 66.0 cm³/mol. The van der Waals surface area contributed by atoms with Gasteiger partial charge in [0.05, 0.1) is 5.75 Å². The van der Waals surface area contributed by atoms with Crippen molar-refractivity contribution in [3.63, 3.8) is 0 Å². The second kappa shape index (κ2) is 5.95. The summed E-state index contributed by atoms with van der Waals surface area (Å²) in [5.74, 6) is 0.154. The third kappa shape index (κ3) is 4.37. The molecule has 1 aliphatic heterocycles. The molecule has 1 saturated heterocycles. The molecule has 1 unspecified atom stereocenters. The van der Waals surface area contributed by atoms with E-state index in [0.29, 0.717) is 18.6 Å². The topological polar surface area (TPSA) is 61.4 Å². The first-order chi connectivity index (χ1) is 7.44. The fourth-order valence-electron chi connectivity index (χ4n) is 1.92. The Hall–Kier alpha value is -0.170. The molecule has 5 nitrogen and oxygen atoms in total. The van der Waals surface area contributed by atoms with Gasteiger partial charge in [-0.3, -0.25) is 4.90 Å². The molecule has 0 spiro atoms. The fraction of sp³-hybridized carbons (Fsp3) is 1.00. The van der Waals surface area contributed by atoms with Crippen molar-refractivity contribution in [3.05, 3.63) is 0 Å². The van der Waals surface area contributed by atoms with Crippen molar-refractivity contribution >= 4 is 10.0 Å². The SMILES string of the molecule is CNS(=O)(=O)CCNC1CCN(C(C)C)C1. The van der Waals surface area contributed by atoms with Crippen LogP contribution in [0.1, 0.15) is 20.3 Å². The van der Waals surface area contributed by atoms with E-state index in [-0.39, 0.29) is 5.75 Å². The molecule has 1 fully saturated rings. The standard InChI is InChI=1S/C10H23N3O2S/c1-9(2)13-6-4-10(8-13)12-5-7-16(14,15)11-3/h9-12H,4-8H2,1-3H3. The van der Waals surface area contributed by atoms with Gasteiger partial charge >= 0.3 is 0 Å². The maximum atomic E-state index is 11.2. The first kappa shape index (κ1) is 13.9. The van der Waals surface area contributed by atoms with E-state index in [2.05, 4.69) is 28.8 Å². The van der Waals surface area contributed by atoms with Crippen LogP contribution >= 0.6 is 0 Å². The molecule has 0 aromatic carbocycles. The lowest BCUT2D eigenvalue weighted by Crippen LogP contribution is -2.38. The van der Waals surface area contributed by atoms with E-state index in [9.17, 15) is 8.42 Å². The minimum atomic E-state index is -3.07. The van der Waals surface area contributed by atoms with Crippen LogP contribution < -0.4 is 10.0 Å². The van der Waals surface area contributed by atoms with Crippen LogP contribution in [0.25, 0.3) is 0 Å². The summed E-state index contributed by atoms with van der Waals surface area (Å²) in [5, 5.41) is 3.30. The number of nitrogens with one attached hydrogen (secondary N) is 2. The molecule has 1 rings (SSSR count). The number of likely N-dealkylation sites (tertiary alicyclic amines) is 1. The molecular weight excluding hydrogens is 226 g/mol. The third-order valence-electron chi connectivity index (χ3n) is 3.06. The van der Waals surface area contributed by atoms with E-state index >= 15 is 0 Å². The second-order valence-corrected chi connectivity index (χ2v) is 6.60. The number of sulfonamides is 1. The van der Waals surface area contributed by atoms with Crippen molar-refractivity contribution in [3.8, 4) is 0 Å².